The van der Waals surface area contributed by atoms with Crippen LogP contribution in [0.4, 0.5) is 0 Å². The lowest BCUT2D eigenvalue weighted by molar-refractivity contribution is -0.147. The van der Waals surface area contributed by atoms with E-state index < -0.39 is 5.54 Å². The Hall–Kier alpha value is -0.650. The fraction of sp³-hybridized carbons (Fsp3) is 0.933. The average Bonchev–Trinajstić information content (AvgIpc) is 2.45. The Labute approximate surface area is 123 Å². The fourth-order valence-corrected chi connectivity index (χ4v) is 2.94. The van der Waals surface area contributed by atoms with E-state index in [9.17, 15) is 4.79 Å². The lowest BCUT2D eigenvalue weighted by Gasteiger charge is -2.41. The van der Waals surface area contributed by atoms with Crippen LogP contribution in [0.3, 0.4) is 0 Å². The Bertz CT molecular complexity index is 312. The first-order valence-electron chi connectivity index (χ1n) is 7.67. The zero-order valence-electron chi connectivity index (χ0n) is 13.7. The van der Waals surface area contributed by atoms with Gasteiger partial charge in [0.2, 0.25) is 0 Å². The van der Waals surface area contributed by atoms with Crippen molar-refractivity contribution in [2.45, 2.75) is 58.2 Å². The van der Waals surface area contributed by atoms with E-state index in [0.717, 1.165) is 26.2 Å². The molecule has 0 aromatic rings. The van der Waals surface area contributed by atoms with Crippen LogP contribution in [0.15, 0.2) is 0 Å². The predicted molar refractivity (Wildman–Crippen MR) is 81.6 cm³/mol. The first kappa shape index (κ1) is 17.4. The van der Waals surface area contributed by atoms with Gasteiger partial charge in [-0.1, -0.05) is 6.92 Å². The van der Waals surface area contributed by atoms with Gasteiger partial charge in [0.1, 0.15) is 5.54 Å². The molecule has 0 radical (unpaired) electrons. The maximum absolute atomic E-state index is 11.7. The van der Waals surface area contributed by atoms with Crippen LogP contribution in [-0.4, -0.2) is 66.7 Å². The van der Waals surface area contributed by atoms with E-state index in [4.69, 9.17) is 10.5 Å². The number of carbonyl (C=O) groups is 1. The van der Waals surface area contributed by atoms with Gasteiger partial charge in [-0.25, -0.2) is 0 Å². The Morgan fingerprint density at radius 2 is 1.65 bits per heavy atom. The zero-order chi connectivity index (χ0) is 15.3. The van der Waals surface area contributed by atoms with Crippen molar-refractivity contribution in [3.05, 3.63) is 0 Å². The third-order valence-corrected chi connectivity index (χ3v) is 4.56. The number of methoxy groups -OCH3 is 1. The maximum Gasteiger partial charge on any atom is 0.325 e. The third kappa shape index (κ3) is 4.43. The second kappa shape index (κ2) is 7.38. The van der Waals surface area contributed by atoms with Crippen LogP contribution in [0.25, 0.3) is 0 Å². The van der Waals surface area contributed by atoms with Crippen molar-refractivity contribution in [2.24, 2.45) is 5.73 Å². The normalized spacial score (nSPS) is 23.9. The highest BCUT2D eigenvalue weighted by molar-refractivity contribution is 5.79. The highest BCUT2D eigenvalue weighted by Crippen LogP contribution is 2.18. The van der Waals surface area contributed by atoms with Gasteiger partial charge >= 0.3 is 5.97 Å². The van der Waals surface area contributed by atoms with Crippen LogP contribution in [-0.2, 0) is 9.53 Å². The second-order valence-corrected chi connectivity index (χ2v) is 6.29. The Kier molecular flexibility index (Phi) is 6.43. The number of rotatable bonds is 6. The lowest BCUT2D eigenvalue weighted by Crippen LogP contribution is -2.55. The lowest BCUT2D eigenvalue weighted by atomic mass is 9.94. The van der Waals surface area contributed by atoms with Gasteiger partial charge in [-0.3, -0.25) is 14.6 Å². The monoisotopic (exact) mass is 285 g/mol. The van der Waals surface area contributed by atoms with Crippen LogP contribution in [0, 0.1) is 0 Å². The smallest absolute Gasteiger partial charge is 0.325 e. The van der Waals surface area contributed by atoms with Crippen molar-refractivity contribution in [3.63, 3.8) is 0 Å². The quantitative estimate of drug-likeness (QED) is 0.740. The number of ether oxygens (including phenoxy) is 1. The number of carbonyl (C=O) groups excluding carboxylic acids is 1. The summed E-state index contributed by atoms with van der Waals surface area (Å²) < 4.78 is 4.78. The molecule has 2 N–H and O–H groups in total. The number of nitrogens with zero attached hydrogens (tertiary/aromatic N) is 2. The summed E-state index contributed by atoms with van der Waals surface area (Å²) in [5.74, 6) is -0.331. The Morgan fingerprint density at radius 1 is 1.20 bits per heavy atom. The maximum atomic E-state index is 11.7. The highest BCUT2D eigenvalue weighted by Gasteiger charge is 2.34. The summed E-state index contributed by atoms with van der Waals surface area (Å²) in [6.45, 7) is 12.7. The largest absolute Gasteiger partial charge is 0.468 e. The van der Waals surface area contributed by atoms with Crippen LogP contribution in [0.2, 0.25) is 0 Å². The minimum atomic E-state index is -0.901. The fourth-order valence-electron chi connectivity index (χ4n) is 2.94. The molecule has 0 bridgehead atoms. The minimum Gasteiger partial charge on any atom is -0.468 e. The molecular weight excluding hydrogens is 254 g/mol. The molecule has 0 spiro atoms. The van der Waals surface area contributed by atoms with Crippen LogP contribution in [0.1, 0.15) is 40.5 Å². The molecule has 1 rings (SSSR count). The number of piperazine rings is 1. The summed E-state index contributed by atoms with van der Waals surface area (Å²) >= 11 is 0. The molecule has 1 saturated heterocycles. The van der Waals surface area contributed by atoms with E-state index >= 15 is 0 Å². The summed E-state index contributed by atoms with van der Waals surface area (Å²) in [7, 11) is 1.39. The molecule has 0 aliphatic carbocycles. The van der Waals surface area contributed by atoms with E-state index in [1.54, 1.807) is 6.92 Å². The van der Waals surface area contributed by atoms with Gasteiger partial charge in [-0.2, -0.15) is 0 Å². The van der Waals surface area contributed by atoms with Gasteiger partial charge in [0.15, 0.2) is 0 Å². The minimum absolute atomic E-state index is 0.295. The first-order chi connectivity index (χ1) is 9.31. The summed E-state index contributed by atoms with van der Waals surface area (Å²) in [5, 5.41) is 0. The standard InChI is InChI=1S/C15H31N3O2/c1-6-12(2)17-7-9-18(10-8-17)13(3)11-15(4,16)14(19)20-5/h12-13H,6-11,16H2,1-5H3. The molecule has 1 fully saturated rings. The van der Waals surface area contributed by atoms with Gasteiger partial charge in [-0.05, 0) is 33.6 Å². The molecule has 0 aromatic heterocycles. The molecular formula is C15H31N3O2. The van der Waals surface area contributed by atoms with Gasteiger partial charge in [0.25, 0.3) is 0 Å². The third-order valence-electron chi connectivity index (χ3n) is 4.56. The van der Waals surface area contributed by atoms with E-state index in [-0.39, 0.29) is 5.97 Å². The van der Waals surface area contributed by atoms with Gasteiger partial charge < -0.3 is 10.5 Å². The molecule has 1 aliphatic rings. The van der Waals surface area contributed by atoms with E-state index in [1.165, 1.54) is 13.5 Å². The van der Waals surface area contributed by atoms with Crippen molar-refractivity contribution in [1.82, 2.24) is 9.80 Å². The molecule has 0 aromatic carbocycles. The van der Waals surface area contributed by atoms with Gasteiger partial charge in [-0.15, -0.1) is 0 Å². The van der Waals surface area contributed by atoms with Crippen molar-refractivity contribution < 1.29 is 9.53 Å². The van der Waals surface area contributed by atoms with E-state index in [0.29, 0.717) is 18.5 Å². The highest BCUT2D eigenvalue weighted by atomic mass is 16.5. The van der Waals surface area contributed by atoms with Crippen molar-refractivity contribution >= 4 is 5.97 Å². The van der Waals surface area contributed by atoms with Crippen molar-refractivity contribution in [2.75, 3.05) is 33.3 Å². The number of nitrogens with two attached hydrogens (primary N) is 1. The molecule has 1 heterocycles. The van der Waals surface area contributed by atoms with Crippen LogP contribution >= 0.6 is 0 Å². The Balaban J connectivity index is 2.47. The summed E-state index contributed by atoms with van der Waals surface area (Å²) in [6.07, 6.45) is 1.82. The summed E-state index contributed by atoms with van der Waals surface area (Å²) in [6, 6.07) is 0.950. The van der Waals surface area contributed by atoms with Crippen LogP contribution < -0.4 is 5.73 Å². The molecule has 20 heavy (non-hydrogen) atoms. The average molecular weight is 285 g/mol. The zero-order valence-corrected chi connectivity index (χ0v) is 13.7. The van der Waals surface area contributed by atoms with Gasteiger partial charge in [0, 0.05) is 38.3 Å². The summed E-state index contributed by atoms with van der Waals surface area (Å²) in [5.41, 5.74) is 5.16. The SMILES string of the molecule is CCC(C)N1CCN(C(C)CC(C)(N)C(=O)OC)CC1. The molecule has 1 aliphatic heterocycles. The number of hydrogen-bond donors (Lipinski definition) is 1. The second-order valence-electron chi connectivity index (χ2n) is 6.29. The molecule has 5 heteroatoms. The van der Waals surface area contributed by atoms with Crippen LogP contribution in [0.5, 0.6) is 0 Å². The first-order valence-corrected chi connectivity index (χ1v) is 7.67. The molecule has 0 amide bonds. The van der Waals surface area contributed by atoms with E-state index in [1.807, 2.05) is 0 Å². The molecule has 5 nitrogen and oxygen atoms in total. The molecule has 0 saturated carbocycles. The predicted octanol–water partition coefficient (Wildman–Crippen LogP) is 1.07. The number of hydrogen-bond acceptors (Lipinski definition) is 5. The molecule has 3 unspecified atom stereocenters. The molecule has 3 atom stereocenters. The van der Waals surface area contributed by atoms with Gasteiger partial charge in [0.05, 0.1) is 7.11 Å². The topological polar surface area (TPSA) is 58.8 Å². The summed E-state index contributed by atoms with van der Waals surface area (Å²) in [4.78, 5) is 16.6. The molecule has 118 valence electrons. The Morgan fingerprint density at radius 3 is 2.05 bits per heavy atom. The van der Waals surface area contributed by atoms with E-state index in [2.05, 4.69) is 30.6 Å². The van der Waals surface area contributed by atoms with Crippen molar-refractivity contribution in [1.29, 1.82) is 0 Å². The van der Waals surface area contributed by atoms with Crippen molar-refractivity contribution in [3.8, 4) is 0 Å². The number of esters is 1.